The van der Waals surface area contributed by atoms with E-state index in [4.69, 9.17) is 4.74 Å². The molecule has 1 amide bonds. The van der Waals surface area contributed by atoms with Gasteiger partial charge in [0.05, 0.1) is 25.4 Å². The zero-order chi connectivity index (χ0) is 23.3. The third-order valence-corrected chi connectivity index (χ3v) is 6.14. The van der Waals surface area contributed by atoms with Crippen LogP contribution in [0.15, 0.2) is 24.3 Å². The van der Waals surface area contributed by atoms with Crippen LogP contribution < -0.4 is 14.9 Å². The number of nitrogens with zero attached hydrogens (tertiary/aromatic N) is 4. The van der Waals surface area contributed by atoms with Crippen molar-refractivity contribution >= 4 is 27.6 Å². The summed E-state index contributed by atoms with van der Waals surface area (Å²) in [6.45, 7) is 6.05. The summed E-state index contributed by atoms with van der Waals surface area (Å²) >= 11 is 0. The minimum atomic E-state index is -3.41. The van der Waals surface area contributed by atoms with Crippen LogP contribution in [-0.2, 0) is 26.1 Å². The second kappa shape index (κ2) is 10.4. The first-order valence-corrected chi connectivity index (χ1v) is 12.6. The molecule has 11 heteroatoms. The third-order valence-electron chi connectivity index (χ3n) is 5.36. The smallest absolute Gasteiger partial charge is 0.227 e. The fraction of sp³-hybridized carbons (Fsp3) is 0.571. The van der Waals surface area contributed by atoms with E-state index >= 15 is 0 Å². The lowest BCUT2D eigenvalue weighted by Gasteiger charge is -2.33. The molecule has 1 fully saturated rings. The lowest BCUT2D eigenvalue weighted by Crippen LogP contribution is -2.39. The molecule has 1 aromatic heterocycles. The van der Waals surface area contributed by atoms with Gasteiger partial charge < -0.3 is 15.0 Å². The van der Waals surface area contributed by atoms with E-state index in [-0.39, 0.29) is 5.91 Å². The summed E-state index contributed by atoms with van der Waals surface area (Å²) in [7, 11) is -1.70. The van der Waals surface area contributed by atoms with Crippen molar-refractivity contribution < 1.29 is 17.9 Å². The molecule has 2 heterocycles. The highest BCUT2D eigenvalue weighted by Gasteiger charge is 2.27. The summed E-state index contributed by atoms with van der Waals surface area (Å²) in [6.07, 6.45) is 3.26. The van der Waals surface area contributed by atoms with Gasteiger partial charge in [-0.1, -0.05) is 12.1 Å². The Kier molecular flexibility index (Phi) is 7.86. The molecule has 1 aliphatic rings. The first-order chi connectivity index (χ1) is 15.2. The van der Waals surface area contributed by atoms with Gasteiger partial charge in [-0.3, -0.25) is 9.36 Å². The quantitative estimate of drug-likeness (QED) is 0.580. The van der Waals surface area contributed by atoms with Crippen LogP contribution >= 0.6 is 0 Å². The number of aromatic nitrogens is 3. The number of methoxy groups -OCH3 is 1. The highest BCUT2D eigenvalue weighted by molar-refractivity contribution is 7.88. The second-order valence-electron chi connectivity index (χ2n) is 8.34. The van der Waals surface area contributed by atoms with E-state index in [1.54, 1.807) is 14.0 Å². The summed E-state index contributed by atoms with van der Waals surface area (Å²) in [5.41, 5.74) is 1.70. The Balaban J connectivity index is 1.91. The van der Waals surface area contributed by atoms with Crippen molar-refractivity contribution in [1.29, 1.82) is 0 Å². The van der Waals surface area contributed by atoms with Crippen LogP contribution in [0.25, 0.3) is 0 Å². The molecule has 2 atom stereocenters. The van der Waals surface area contributed by atoms with Gasteiger partial charge in [0.25, 0.3) is 0 Å². The van der Waals surface area contributed by atoms with E-state index in [0.29, 0.717) is 30.8 Å². The number of sulfonamides is 1. The zero-order valence-corrected chi connectivity index (χ0v) is 19.9. The van der Waals surface area contributed by atoms with Crippen molar-refractivity contribution in [2.45, 2.75) is 39.3 Å². The maximum Gasteiger partial charge on any atom is 0.227 e. The Morgan fingerprint density at radius 2 is 2.00 bits per heavy atom. The Morgan fingerprint density at radius 3 is 2.62 bits per heavy atom. The standard InChI is InChI=1S/C21H32N6O4S/c1-15(25-32(4,29)30)20-23-24-21(26-11-5-6-18(12-26)14-31-3)27(20)13-17-7-9-19(10-8-17)22-16(2)28/h7-10,15,18,25H,5-6,11-14H2,1-4H3,(H,22,28). The van der Waals surface area contributed by atoms with Crippen LogP contribution in [0.5, 0.6) is 0 Å². The van der Waals surface area contributed by atoms with E-state index in [9.17, 15) is 13.2 Å². The highest BCUT2D eigenvalue weighted by atomic mass is 32.2. The average Bonchev–Trinajstić information content (AvgIpc) is 3.12. The highest BCUT2D eigenvalue weighted by Crippen LogP contribution is 2.26. The maximum atomic E-state index is 11.8. The predicted octanol–water partition coefficient (Wildman–Crippen LogP) is 1.76. The van der Waals surface area contributed by atoms with Gasteiger partial charge in [0.2, 0.25) is 21.9 Å². The molecule has 0 saturated carbocycles. The number of carbonyl (C=O) groups is 1. The number of ether oxygens (including phenoxy) is 1. The molecule has 3 rings (SSSR count). The number of hydrogen-bond acceptors (Lipinski definition) is 7. The zero-order valence-electron chi connectivity index (χ0n) is 19.0. The first-order valence-electron chi connectivity index (χ1n) is 10.7. The lowest BCUT2D eigenvalue weighted by atomic mass is 9.99. The van der Waals surface area contributed by atoms with E-state index in [2.05, 4.69) is 25.1 Å². The van der Waals surface area contributed by atoms with Crippen molar-refractivity contribution in [3.05, 3.63) is 35.7 Å². The molecule has 0 bridgehead atoms. The van der Waals surface area contributed by atoms with Crippen molar-refractivity contribution in [1.82, 2.24) is 19.5 Å². The molecule has 1 aromatic carbocycles. The van der Waals surface area contributed by atoms with Crippen LogP contribution in [0.3, 0.4) is 0 Å². The van der Waals surface area contributed by atoms with Crippen molar-refractivity contribution in [3.63, 3.8) is 0 Å². The topological polar surface area (TPSA) is 118 Å². The summed E-state index contributed by atoms with van der Waals surface area (Å²) in [5, 5.41) is 11.6. The molecule has 0 spiro atoms. The van der Waals surface area contributed by atoms with Gasteiger partial charge in [-0.25, -0.2) is 13.1 Å². The van der Waals surface area contributed by atoms with Crippen molar-refractivity contribution in [2.24, 2.45) is 5.92 Å². The molecule has 1 saturated heterocycles. The molecule has 10 nitrogen and oxygen atoms in total. The molecule has 0 radical (unpaired) electrons. The van der Waals surface area contributed by atoms with Gasteiger partial charge in [-0.15, -0.1) is 10.2 Å². The molecule has 176 valence electrons. The van der Waals surface area contributed by atoms with Crippen LogP contribution in [0.2, 0.25) is 0 Å². The Bertz CT molecular complexity index is 1020. The van der Waals surface area contributed by atoms with Gasteiger partial charge in [-0.05, 0) is 43.4 Å². The summed E-state index contributed by atoms with van der Waals surface area (Å²) in [5.74, 6) is 1.54. The number of nitrogens with one attached hydrogen (secondary N) is 2. The Morgan fingerprint density at radius 1 is 1.28 bits per heavy atom. The van der Waals surface area contributed by atoms with Crippen molar-refractivity contribution in [3.8, 4) is 0 Å². The number of amides is 1. The molecule has 1 aliphatic heterocycles. The number of hydrogen-bond donors (Lipinski definition) is 2. The minimum Gasteiger partial charge on any atom is -0.384 e. The summed E-state index contributed by atoms with van der Waals surface area (Å²) in [6, 6.07) is 7.00. The largest absolute Gasteiger partial charge is 0.384 e. The fourth-order valence-electron chi connectivity index (χ4n) is 4.08. The van der Waals surface area contributed by atoms with Gasteiger partial charge in [0, 0.05) is 32.8 Å². The number of anilines is 2. The summed E-state index contributed by atoms with van der Waals surface area (Å²) < 4.78 is 33.5. The second-order valence-corrected chi connectivity index (χ2v) is 10.1. The molecule has 2 N–H and O–H groups in total. The number of rotatable bonds is 9. The normalized spacial score (nSPS) is 17.9. The van der Waals surface area contributed by atoms with Crippen LogP contribution in [0.4, 0.5) is 11.6 Å². The SMILES string of the molecule is COCC1CCCN(c2nnc(C(C)NS(C)(=O)=O)n2Cc2ccc(NC(C)=O)cc2)C1. The van der Waals surface area contributed by atoms with Crippen LogP contribution in [0, 0.1) is 5.92 Å². The fourth-order valence-corrected chi connectivity index (χ4v) is 4.83. The van der Waals surface area contributed by atoms with E-state index in [1.165, 1.54) is 6.92 Å². The number of carbonyl (C=O) groups excluding carboxylic acids is 1. The number of benzene rings is 1. The van der Waals surface area contributed by atoms with Crippen molar-refractivity contribution in [2.75, 3.05) is 43.3 Å². The first kappa shape index (κ1) is 24.1. The van der Waals surface area contributed by atoms with Crippen LogP contribution in [0.1, 0.15) is 44.1 Å². The third kappa shape index (κ3) is 6.50. The molecule has 0 aliphatic carbocycles. The van der Waals surface area contributed by atoms with Crippen LogP contribution in [-0.4, -0.2) is 62.2 Å². The lowest BCUT2D eigenvalue weighted by molar-refractivity contribution is -0.114. The predicted molar refractivity (Wildman–Crippen MR) is 123 cm³/mol. The average molecular weight is 465 g/mol. The van der Waals surface area contributed by atoms with E-state index < -0.39 is 16.1 Å². The molecule has 32 heavy (non-hydrogen) atoms. The molecule has 2 aromatic rings. The van der Waals surface area contributed by atoms with Gasteiger partial charge >= 0.3 is 0 Å². The van der Waals surface area contributed by atoms with Gasteiger partial charge in [0.1, 0.15) is 0 Å². The summed E-state index contributed by atoms with van der Waals surface area (Å²) in [4.78, 5) is 13.5. The molecular formula is C21H32N6O4S. The Labute approximate surface area is 189 Å². The minimum absolute atomic E-state index is 0.127. The Hall–Kier alpha value is -2.50. The molecular weight excluding hydrogens is 432 g/mol. The van der Waals surface area contributed by atoms with Gasteiger partial charge in [-0.2, -0.15) is 0 Å². The van der Waals surface area contributed by atoms with E-state index in [1.807, 2.05) is 28.8 Å². The maximum absolute atomic E-state index is 11.8. The number of piperidine rings is 1. The molecule has 2 unspecified atom stereocenters. The van der Waals surface area contributed by atoms with Gasteiger partial charge in [0.15, 0.2) is 5.82 Å². The van der Waals surface area contributed by atoms with E-state index in [0.717, 1.165) is 43.4 Å². The monoisotopic (exact) mass is 464 g/mol.